The highest BCUT2D eigenvalue weighted by molar-refractivity contribution is 7.15. The lowest BCUT2D eigenvalue weighted by atomic mass is 9.97. The lowest BCUT2D eigenvalue weighted by molar-refractivity contribution is -0.117. The Kier molecular flexibility index (Phi) is 5.31. The number of phenols is 1. The fourth-order valence-corrected chi connectivity index (χ4v) is 3.69. The van der Waals surface area contributed by atoms with Crippen LogP contribution in [0.4, 0.5) is 5.13 Å². The van der Waals surface area contributed by atoms with Crippen molar-refractivity contribution >= 4 is 22.4 Å². The van der Waals surface area contributed by atoms with Gasteiger partial charge in [-0.3, -0.25) is 10.1 Å². The van der Waals surface area contributed by atoms with Gasteiger partial charge >= 0.3 is 0 Å². The molecule has 134 valence electrons. The molecule has 2 unspecified atom stereocenters. The number of rotatable bonds is 5. The Bertz CT molecular complexity index is 776. The maximum absolute atomic E-state index is 12.4. The van der Waals surface area contributed by atoms with E-state index >= 15 is 0 Å². The zero-order chi connectivity index (χ0) is 18.0. The molecule has 1 amide bonds. The minimum absolute atomic E-state index is 0.125. The predicted molar refractivity (Wildman–Crippen MR) is 97.5 cm³/mol. The average Bonchev–Trinajstić information content (AvgIpc) is 3.21. The standard InChI is InChI=1S/C17H23N5O2S/c1-4-5-15-21-22-17(25-15)18-16(24)13-8-12(19-20-13)11-6-9(2)10(3)7-14(11)23/h6-7,12-13,19-20,23H,4-5,8H2,1-3H3,(H,18,22,24). The van der Waals surface area contributed by atoms with Crippen LogP contribution in [0.25, 0.3) is 0 Å². The second-order valence-electron chi connectivity index (χ2n) is 6.37. The first-order valence-electron chi connectivity index (χ1n) is 8.42. The first-order valence-corrected chi connectivity index (χ1v) is 9.24. The number of aryl methyl sites for hydroxylation is 3. The van der Waals surface area contributed by atoms with Crippen molar-refractivity contribution in [3.63, 3.8) is 0 Å². The molecule has 1 aliphatic heterocycles. The highest BCUT2D eigenvalue weighted by Gasteiger charge is 2.32. The number of hydrazine groups is 1. The summed E-state index contributed by atoms with van der Waals surface area (Å²) >= 11 is 1.41. The molecular formula is C17H23N5O2S. The van der Waals surface area contributed by atoms with Crippen molar-refractivity contribution in [2.45, 2.75) is 52.1 Å². The quantitative estimate of drug-likeness (QED) is 0.652. The Hall–Kier alpha value is -2.03. The minimum Gasteiger partial charge on any atom is -0.508 e. The van der Waals surface area contributed by atoms with Crippen LogP contribution in [-0.4, -0.2) is 27.3 Å². The van der Waals surface area contributed by atoms with Crippen molar-refractivity contribution < 1.29 is 9.90 Å². The van der Waals surface area contributed by atoms with E-state index in [0.717, 1.165) is 34.5 Å². The van der Waals surface area contributed by atoms with Crippen LogP contribution in [-0.2, 0) is 11.2 Å². The zero-order valence-corrected chi connectivity index (χ0v) is 15.4. The van der Waals surface area contributed by atoms with Crippen LogP contribution in [0.1, 0.15) is 47.5 Å². The molecule has 2 atom stereocenters. The number of nitrogens with zero attached hydrogens (tertiary/aromatic N) is 2. The third-order valence-electron chi connectivity index (χ3n) is 4.40. The van der Waals surface area contributed by atoms with Gasteiger partial charge in [0.2, 0.25) is 11.0 Å². The van der Waals surface area contributed by atoms with Gasteiger partial charge < -0.3 is 5.11 Å². The number of anilines is 1. The first-order chi connectivity index (χ1) is 12.0. The third kappa shape index (κ3) is 3.97. The number of aromatic hydroxyl groups is 1. The maximum Gasteiger partial charge on any atom is 0.244 e. The normalized spacial score (nSPS) is 20.0. The van der Waals surface area contributed by atoms with Crippen LogP contribution < -0.4 is 16.2 Å². The number of hydrogen-bond acceptors (Lipinski definition) is 7. The van der Waals surface area contributed by atoms with Crippen LogP contribution in [0.15, 0.2) is 12.1 Å². The summed E-state index contributed by atoms with van der Waals surface area (Å²) in [5.74, 6) is 0.0920. The van der Waals surface area contributed by atoms with E-state index in [2.05, 4.69) is 33.3 Å². The van der Waals surface area contributed by atoms with Gasteiger partial charge in [0.25, 0.3) is 0 Å². The fraction of sp³-hybridized carbons (Fsp3) is 0.471. The first kappa shape index (κ1) is 17.8. The molecule has 0 saturated carbocycles. The van der Waals surface area contributed by atoms with E-state index in [1.165, 1.54) is 11.3 Å². The molecule has 1 fully saturated rings. The number of hydrogen-bond donors (Lipinski definition) is 4. The van der Waals surface area contributed by atoms with Crippen molar-refractivity contribution in [3.05, 3.63) is 33.8 Å². The van der Waals surface area contributed by atoms with Gasteiger partial charge in [0.05, 0.1) is 6.04 Å². The number of phenolic OH excluding ortho intramolecular Hbond substituents is 1. The molecule has 1 aromatic heterocycles. The zero-order valence-electron chi connectivity index (χ0n) is 14.6. The Morgan fingerprint density at radius 1 is 1.32 bits per heavy atom. The molecule has 2 heterocycles. The fourth-order valence-electron chi connectivity index (χ4n) is 2.85. The topological polar surface area (TPSA) is 99.2 Å². The number of carbonyl (C=O) groups excluding carboxylic acids is 1. The highest BCUT2D eigenvalue weighted by atomic mass is 32.1. The van der Waals surface area contributed by atoms with Crippen molar-refractivity contribution in [2.24, 2.45) is 0 Å². The molecule has 1 aromatic carbocycles. The average molecular weight is 361 g/mol. The Labute approximate surface area is 150 Å². The van der Waals surface area contributed by atoms with Crippen LogP contribution in [0.2, 0.25) is 0 Å². The van der Waals surface area contributed by atoms with Gasteiger partial charge in [-0.25, -0.2) is 10.9 Å². The highest BCUT2D eigenvalue weighted by Crippen LogP contribution is 2.32. The number of carbonyl (C=O) groups is 1. The molecule has 7 nitrogen and oxygen atoms in total. The minimum atomic E-state index is -0.399. The van der Waals surface area contributed by atoms with Gasteiger partial charge in [0.15, 0.2) is 0 Å². The van der Waals surface area contributed by atoms with Gasteiger partial charge in [-0.2, -0.15) is 0 Å². The molecule has 0 radical (unpaired) electrons. The van der Waals surface area contributed by atoms with E-state index in [9.17, 15) is 9.90 Å². The van der Waals surface area contributed by atoms with E-state index in [-0.39, 0.29) is 17.7 Å². The van der Waals surface area contributed by atoms with Crippen LogP contribution in [0.5, 0.6) is 5.75 Å². The lowest BCUT2D eigenvalue weighted by Gasteiger charge is -2.14. The van der Waals surface area contributed by atoms with Crippen molar-refractivity contribution in [1.82, 2.24) is 21.0 Å². The molecule has 1 aliphatic rings. The Balaban J connectivity index is 1.64. The Morgan fingerprint density at radius 3 is 2.84 bits per heavy atom. The molecule has 3 rings (SSSR count). The van der Waals surface area contributed by atoms with Crippen LogP contribution >= 0.6 is 11.3 Å². The molecule has 0 bridgehead atoms. The SMILES string of the molecule is CCCc1nnc(NC(=O)C2CC(c3cc(C)c(C)cc3O)NN2)s1. The summed E-state index contributed by atoms with van der Waals surface area (Å²) in [7, 11) is 0. The lowest BCUT2D eigenvalue weighted by Crippen LogP contribution is -2.39. The van der Waals surface area contributed by atoms with E-state index in [4.69, 9.17) is 0 Å². The number of amides is 1. The smallest absolute Gasteiger partial charge is 0.244 e. The summed E-state index contributed by atoms with van der Waals surface area (Å²) in [6.45, 7) is 6.05. The second kappa shape index (κ2) is 7.47. The molecule has 1 saturated heterocycles. The Morgan fingerprint density at radius 2 is 2.08 bits per heavy atom. The van der Waals surface area contributed by atoms with E-state index in [1.54, 1.807) is 6.07 Å². The summed E-state index contributed by atoms with van der Waals surface area (Å²) in [4.78, 5) is 12.4. The van der Waals surface area contributed by atoms with Crippen molar-refractivity contribution in [2.75, 3.05) is 5.32 Å². The van der Waals surface area contributed by atoms with Gasteiger partial charge in [-0.05, 0) is 43.9 Å². The van der Waals surface area contributed by atoms with Crippen molar-refractivity contribution in [1.29, 1.82) is 0 Å². The summed E-state index contributed by atoms with van der Waals surface area (Å²) in [5, 5.41) is 22.5. The molecule has 0 aliphatic carbocycles. The molecule has 8 heteroatoms. The summed E-state index contributed by atoms with van der Waals surface area (Å²) in [6, 6.07) is 3.20. The molecule has 4 N–H and O–H groups in total. The van der Waals surface area contributed by atoms with Crippen LogP contribution in [0.3, 0.4) is 0 Å². The number of aromatic nitrogens is 2. The molecule has 25 heavy (non-hydrogen) atoms. The third-order valence-corrected chi connectivity index (χ3v) is 5.30. The molecule has 0 spiro atoms. The van der Waals surface area contributed by atoms with E-state index < -0.39 is 6.04 Å². The maximum atomic E-state index is 12.4. The van der Waals surface area contributed by atoms with Gasteiger partial charge in [-0.15, -0.1) is 10.2 Å². The molecular weight excluding hydrogens is 338 g/mol. The van der Waals surface area contributed by atoms with Crippen LogP contribution in [0, 0.1) is 13.8 Å². The van der Waals surface area contributed by atoms with Gasteiger partial charge in [0, 0.05) is 12.0 Å². The van der Waals surface area contributed by atoms with Gasteiger partial charge in [0.1, 0.15) is 16.8 Å². The second-order valence-corrected chi connectivity index (χ2v) is 7.43. The van der Waals surface area contributed by atoms with E-state index in [0.29, 0.717) is 11.6 Å². The monoisotopic (exact) mass is 361 g/mol. The summed E-state index contributed by atoms with van der Waals surface area (Å²) in [5.41, 5.74) is 9.05. The number of benzene rings is 1. The number of nitrogens with one attached hydrogen (secondary N) is 3. The van der Waals surface area contributed by atoms with E-state index in [1.807, 2.05) is 19.9 Å². The van der Waals surface area contributed by atoms with Gasteiger partial charge in [-0.1, -0.05) is 24.3 Å². The van der Waals surface area contributed by atoms with Crippen molar-refractivity contribution in [3.8, 4) is 5.75 Å². The largest absolute Gasteiger partial charge is 0.508 e. The predicted octanol–water partition coefficient (Wildman–Crippen LogP) is 2.36. The summed E-state index contributed by atoms with van der Waals surface area (Å²) < 4.78 is 0. The molecule has 2 aromatic rings. The summed E-state index contributed by atoms with van der Waals surface area (Å²) in [6.07, 6.45) is 2.41.